The molecule has 0 atom stereocenters. The number of carbonyl (C=O) groups excluding carboxylic acids is 1. The average molecular weight is 282 g/mol. The van der Waals surface area contributed by atoms with Gasteiger partial charge in [-0.15, -0.1) is 0 Å². The molecule has 2 aromatic rings. The smallest absolute Gasteiger partial charge is 0.341 e. The third kappa shape index (κ3) is 2.11. The van der Waals surface area contributed by atoms with Gasteiger partial charge in [0.2, 0.25) is 0 Å². The van der Waals surface area contributed by atoms with Crippen molar-refractivity contribution >= 4 is 21.9 Å². The molecule has 0 unspecified atom stereocenters. The van der Waals surface area contributed by atoms with Crippen LogP contribution in [0.1, 0.15) is 10.4 Å². The van der Waals surface area contributed by atoms with Crippen molar-refractivity contribution in [2.24, 2.45) is 0 Å². The number of hydrogen-bond donors (Lipinski definition) is 0. The zero-order valence-electron chi connectivity index (χ0n) is 8.42. The van der Waals surface area contributed by atoms with Gasteiger partial charge in [-0.3, -0.25) is 0 Å². The molecule has 0 spiro atoms. The van der Waals surface area contributed by atoms with Gasteiger partial charge in [0.15, 0.2) is 5.82 Å². The van der Waals surface area contributed by atoms with Crippen LogP contribution in [-0.4, -0.2) is 27.8 Å². The lowest BCUT2D eigenvalue weighted by molar-refractivity contribution is 0.0600. The number of nitrogens with zero attached hydrogens (tertiary/aromatic N) is 3. The highest BCUT2D eigenvalue weighted by Crippen LogP contribution is 2.11. The first-order valence-corrected chi connectivity index (χ1v) is 5.25. The van der Waals surface area contributed by atoms with Crippen LogP contribution in [0.3, 0.4) is 0 Å². The zero-order chi connectivity index (χ0) is 11.5. The lowest BCUT2D eigenvalue weighted by Crippen LogP contribution is -2.00. The summed E-state index contributed by atoms with van der Waals surface area (Å²) in [5, 5.41) is 4.02. The van der Waals surface area contributed by atoms with Gasteiger partial charge in [0.05, 0.1) is 18.9 Å². The first-order valence-electron chi connectivity index (χ1n) is 4.45. The highest BCUT2D eigenvalue weighted by Gasteiger charge is 2.09. The van der Waals surface area contributed by atoms with Crippen LogP contribution in [0.2, 0.25) is 0 Å². The molecule has 0 aromatic carbocycles. The number of hydrogen-bond acceptors (Lipinski definition) is 4. The molecule has 82 valence electrons. The Morgan fingerprint density at radius 2 is 2.25 bits per heavy atom. The van der Waals surface area contributed by atoms with Crippen LogP contribution in [0.15, 0.2) is 35.2 Å². The van der Waals surface area contributed by atoms with Crippen molar-refractivity contribution in [1.82, 2.24) is 14.8 Å². The van der Waals surface area contributed by atoms with E-state index in [1.54, 1.807) is 18.5 Å². The molecule has 6 heteroatoms. The Balaban J connectivity index is 2.31. The molecular formula is C10H8BrN3O2. The maximum Gasteiger partial charge on any atom is 0.341 e. The molecule has 0 N–H and O–H groups in total. The fourth-order valence-electron chi connectivity index (χ4n) is 1.17. The van der Waals surface area contributed by atoms with Gasteiger partial charge in [-0.05, 0) is 28.1 Å². The van der Waals surface area contributed by atoms with E-state index in [2.05, 4.69) is 30.7 Å². The van der Waals surface area contributed by atoms with E-state index < -0.39 is 5.97 Å². The molecular weight excluding hydrogens is 274 g/mol. The molecule has 0 amide bonds. The second-order valence-corrected chi connectivity index (χ2v) is 3.92. The summed E-state index contributed by atoms with van der Waals surface area (Å²) in [5.41, 5.74) is 0.396. The van der Waals surface area contributed by atoms with Crippen LogP contribution < -0.4 is 0 Å². The molecule has 5 nitrogen and oxygen atoms in total. The van der Waals surface area contributed by atoms with Gasteiger partial charge in [-0.2, -0.15) is 5.10 Å². The van der Waals surface area contributed by atoms with Gasteiger partial charge in [0.1, 0.15) is 0 Å². The van der Waals surface area contributed by atoms with Gasteiger partial charge in [0.25, 0.3) is 0 Å². The molecule has 0 radical (unpaired) electrons. The first kappa shape index (κ1) is 10.8. The van der Waals surface area contributed by atoms with Crippen molar-refractivity contribution in [1.29, 1.82) is 0 Å². The highest BCUT2D eigenvalue weighted by molar-refractivity contribution is 9.10. The Morgan fingerprint density at radius 3 is 2.88 bits per heavy atom. The van der Waals surface area contributed by atoms with Gasteiger partial charge in [-0.1, -0.05) is 0 Å². The van der Waals surface area contributed by atoms with Crippen molar-refractivity contribution in [3.8, 4) is 5.82 Å². The molecule has 2 heterocycles. The van der Waals surface area contributed by atoms with E-state index >= 15 is 0 Å². The summed E-state index contributed by atoms with van der Waals surface area (Å²) in [6.45, 7) is 0. The monoisotopic (exact) mass is 281 g/mol. The number of pyridine rings is 1. The predicted molar refractivity (Wildman–Crippen MR) is 60.4 cm³/mol. The maximum absolute atomic E-state index is 11.2. The van der Waals surface area contributed by atoms with Crippen LogP contribution in [0.25, 0.3) is 5.82 Å². The van der Waals surface area contributed by atoms with E-state index in [0.717, 1.165) is 4.47 Å². The Morgan fingerprint density at radius 1 is 1.44 bits per heavy atom. The number of carbonyl (C=O) groups is 1. The Labute approximate surface area is 100 Å². The largest absolute Gasteiger partial charge is 0.465 e. The van der Waals surface area contributed by atoms with Gasteiger partial charge in [-0.25, -0.2) is 14.5 Å². The van der Waals surface area contributed by atoms with Crippen molar-refractivity contribution in [3.05, 3.63) is 40.8 Å². The molecule has 0 aliphatic rings. The zero-order valence-corrected chi connectivity index (χ0v) is 10.0. The van der Waals surface area contributed by atoms with Crippen LogP contribution >= 0.6 is 15.9 Å². The van der Waals surface area contributed by atoms with E-state index in [9.17, 15) is 4.79 Å². The molecule has 0 saturated heterocycles. The molecule has 0 aliphatic heterocycles. The Bertz CT molecular complexity index is 507. The number of esters is 1. The van der Waals surface area contributed by atoms with Gasteiger partial charge < -0.3 is 4.74 Å². The minimum atomic E-state index is -0.414. The van der Waals surface area contributed by atoms with E-state index in [0.29, 0.717) is 11.4 Å². The minimum Gasteiger partial charge on any atom is -0.465 e. The fourth-order valence-corrected chi connectivity index (χ4v) is 1.41. The van der Waals surface area contributed by atoms with E-state index in [4.69, 9.17) is 0 Å². The summed E-state index contributed by atoms with van der Waals surface area (Å²) in [6, 6.07) is 3.64. The summed E-state index contributed by atoms with van der Waals surface area (Å²) in [4.78, 5) is 15.4. The molecule has 2 aromatic heterocycles. The number of methoxy groups -OCH3 is 1. The first-order chi connectivity index (χ1) is 7.70. The van der Waals surface area contributed by atoms with Crippen LogP contribution in [0.4, 0.5) is 0 Å². The highest BCUT2D eigenvalue weighted by atomic mass is 79.9. The molecule has 0 bridgehead atoms. The van der Waals surface area contributed by atoms with Gasteiger partial charge in [0, 0.05) is 16.9 Å². The van der Waals surface area contributed by atoms with Crippen LogP contribution in [0.5, 0.6) is 0 Å². The standard InChI is InChI=1S/C10H8BrN3O2/c1-16-10(15)7-4-13-14(6-7)9-3-2-8(11)5-12-9/h2-6H,1H3. The Hall–Kier alpha value is -1.69. The van der Waals surface area contributed by atoms with Crippen molar-refractivity contribution in [3.63, 3.8) is 0 Å². The summed E-state index contributed by atoms with van der Waals surface area (Å²) in [7, 11) is 1.33. The van der Waals surface area contributed by atoms with E-state index in [-0.39, 0.29) is 0 Å². The number of rotatable bonds is 2. The Kier molecular flexibility index (Phi) is 3.00. The van der Waals surface area contributed by atoms with Crippen LogP contribution in [0, 0.1) is 0 Å². The number of aromatic nitrogens is 3. The third-order valence-corrected chi connectivity index (χ3v) is 2.42. The lowest BCUT2D eigenvalue weighted by Gasteiger charge is -1.98. The molecule has 0 saturated carbocycles. The second kappa shape index (κ2) is 4.44. The third-order valence-electron chi connectivity index (χ3n) is 1.95. The summed E-state index contributed by atoms with van der Waals surface area (Å²) < 4.78 is 6.98. The summed E-state index contributed by atoms with van der Waals surface area (Å²) in [5.74, 6) is 0.224. The maximum atomic E-state index is 11.2. The quantitative estimate of drug-likeness (QED) is 0.788. The van der Waals surface area contributed by atoms with Crippen molar-refractivity contribution in [2.75, 3.05) is 7.11 Å². The minimum absolute atomic E-state index is 0.396. The molecule has 0 aliphatic carbocycles. The molecule has 2 rings (SSSR count). The van der Waals surface area contributed by atoms with E-state index in [1.165, 1.54) is 18.0 Å². The second-order valence-electron chi connectivity index (χ2n) is 3.00. The van der Waals surface area contributed by atoms with Crippen LogP contribution in [-0.2, 0) is 4.74 Å². The van der Waals surface area contributed by atoms with Crippen molar-refractivity contribution < 1.29 is 9.53 Å². The summed E-state index contributed by atoms with van der Waals surface area (Å²) in [6.07, 6.45) is 4.67. The number of ether oxygens (including phenoxy) is 1. The predicted octanol–water partition coefficient (Wildman–Crippen LogP) is 1.82. The molecule has 16 heavy (non-hydrogen) atoms. The lowest BCUT2D eigenvalue weighted by atomic mass is 10.4. The topological polar surface area (TPSA) is 57.0 Å². The number of halogens is 1. The normalized spacial score (nSPS) is 10.1. The van der Waals surface area contributed by atoms with E-state index in [1.807, 2.05) is 6.07 Å². The molecule has 0 fully saturated rings. The SMILES string of the molecule is COC(=O)c1cnn(-c2ccc(Br)cn2)c1. The summed E-state index contributed by atoms with van der Waals surface area (Å²) >= 11 is 3.29. The van der Waals surface area contributed by atoms with Gasteiger partial charge >= 0.3 is 5.97 Å². The fraction of sp³-hybridized carbons (Fsp3) is 0.100. The van der Waals surface area contributed by atoms with Crippen molar-refractivity contribution in [2.45, 2.75) is 0 Å². The average Bonchev–Trinajstić information content (AvgIpc) is 2.78.